The molecule has 0 amide bonds. The van der Waals surface area contributed by atoms with Crippen LogP contribution in [0.5, 0.6) is 0 Å². The van der Waals surface area contributed by atoms with Gasteiger partial charge in [0.25, 0.3) is 0 Å². The van der Waals surface area contributed by atoms with E-state index in [2.05, 4.69) is 13.5 Å². The van der Waals surface area contributed by atoms with E-state index < -0.39 is 5.60 Å². The summed E-state index contributed by atoms with van der Waals surface area (Å²) < 4.78 is 5.41. The molecule has 1 N–H and O–H groups in total. The second-order valence-corrected chi connectivity index (χ2v) is 6.23. The molecule has 1 saturated carbocycles. The summed E-state index contributed by atoms with van der Waals surface area (Å²) in [6, 6.07) is 0. The average molecular weight is 248 g/mol. The van der Waals surface area contributed by atoms with Crippen molar-refractivity contribution < 1.29 is 14.6 Å². The lowest BCUT2D eigenvalue weighted by atomic mass is 9.81. The van der Waals surface area contributed by atoms with E-state index in [1.165, 1.54) is 11.1 Å². The van der Waals surface area contributed by atoms with Crippen molar-refractivity contribution in [3.8, 4) is 0 Å². The van der Waals surface area contributed by atoms with Crippen molar-refractivity contribution in [2.75, 3.05) is 0 Å². The number of esters is 1. The first-order valence-corrected chi connectivity index (χ1v) is 6.71. The first-order chi connectivity index (χ1) is 8.40. The third kappa shape index (κ3) is 1.57. The number of carbonyl (C=O) groups is 1. The quantitative estimate of drug-likeness (QED) is 0.406. The second kappa shape index (κ2) is 3.70. The number of hydrogen-bond acceptors (Lipinski definition) is 3. The highest BCUT2D eigenvalue weighted by atomic mass is 16.6. The molecule has 1 aliphatic heterocycles. The maximum absolute atomic E-state index is 11.6. The Labute approximate surface area is 108 Å². The summed E-state index contributed by atoms with van der Waals surface area (Å²) in [5, 5.41) is 10.5. The summed E-state index contributed by atoms with van der Waals surface area (Å²) in [5.41, 5.74) is 2.64. The highest BCUT2D eigenvalue weighted by Gasteiger charge is 2.49. The van der Waals surface area contributed by atoms with Crippen LogP contribution in [0.25, 0.3) is 0 Å². The molecule has 0 aromatic rings. The molecule has 2 fully saturated rings. The summed E-state index contributed by atoms with van der Waals surface area (Å²) in [4.78, 5) is 11.6. The molecule has 3 nitrogen and oxygen atoms in total. The van der Waals surface area contributed by atoms with Crippen molar-refractivity contribution in [1.82, 2.24) is 0 Å². The van der Waals surface area contributed by atoms with Crippen molar-refractivity contribution in [3.63, 3.8) is 0 Å². The van der Waals surface area contributed by atoms with Crippen LogP contribution < -0.4 is 0 Å². The topological polar surface area (TPSA) is 46.5 Å². The molecule has 2 aliphatic carbocycles. The molecule has 1 heterocycles. The Hall–Kier alpha value is -1.09. The molecule has 0 bridgehead atoms. The van der Waals surface area contributed by atoms with Crippen LogP contribution in [-0.2, 0) is 9.53 Å². The van der Waals surface area contributed by atoms with E-state index in [0.29, 0.717) is 5.57 Å². The molecule has 0 spiro atoms. The Morgan fingerprint density at radius 3 is 2.94 bits per heavy atom. The standard InChI is InChI=1S/C15H20O3/c1-8-6-13-11(9(2)14(16)18-13)7-12-10(8)4-5-15(12,3)17/h11-13,17H,2,4-7H2,1,3H3/t11-,12-,13+,15-/m1/s1. The zero-order valence-electron chi connectivity index (χ0n) is 11.0. The molecule has 0 radical (unpaired) electrons. The van der Waals surface area contributed by atoms with Gasteiger partial charge in [0.2, 0.25) is 0 Å². The molecule has 3 heteroatoms. The Morgan fingerprint density at radius 2 is 2.22 bits per heavy atom. The maximum atomic E-state index is 11.6. The molecular weight excluding hydrogens is 228 g/mol. The molecular formula is C15H20O3. The zero-order chi connectivity index (χ0) is 13.1. The number of hydrogen-bond donors (Lipinski definition) is 1. The zero-order valence-corrected chi connectivity index (χ0v) is 11.0. The van der Waals surface area contributed by atoms with Gasteiger partial charge >= 0.3 is 5.97 Å². The summed E-state index contributed by atoms with van der Waals surface area (Å²) in [6.07, 6.45) is 3.34. The maximum Gasteiger partial charge on any atom is 0.334 e. The second-order valence-electron chi connectivity index (χ2n) is 6.23. The van der Waals surface area contributed by atoms with Gasteiger partial charge in [-0.3, -0.25) is 0 Å². The van der Waals surface area contributed by atoms with Crippen LogP contribution in [0.2, 0.25) is 0 Å². The van der Waals surface area contributed by atoms with E-state index in [1.54, 1.807) is 0 Å². The lowest BCUT2D eigenvalue weighted by Crippen LogP contribution is -2.31. The monoisotopic (exact) mass is 248 g/mol. The molecule has 98 valence electrons. The number of rotatable bonds is 0. The minimum Gasteiger partial charge on any atom is -0.458 e. The summed E-state index contributed by atoms with van der Waals surface area (Å²) >= 11 is 0. The van der Waals surface area contributed by atoms with Gasteiger partial charge in [0.1, 0.15) is 6.10 Å². The van der Waals surface area contributed by atoms with Gasteiger partial charge in [0, 0.05) is 23.8 Å². The fourth-order valence-corrected chi connectivity index (χ4v) is 3.85. The number of ether oxygens (including phenoxy) is 1. The highest BCUT2D eigenvalue weighted by molar-refractivity contribution is 5.90. The van der Waals surface area contributed by atoms with E-state index >= 15 is 0 Å². The smallest absolute Gasteiger partial charge is 0.334 e. The normalized spacial score (nSPS) is 43.6. The van der Waals surface area contributed by atoms with Crippen LogP contribution in [-0.4, -0.2) is 22.8 Å². The van der Waals surface area contributed by atoms with Crippen molar-refractivity contribution in [2.45, 2.75) is 51.2 Å². The molecule has 0 aromatic heterocycles. The lowest BCUT2D eigenvalue weighted by Gasteiger charge is -2.28. The largest absolute Gasteiger partial charge is 0.458 e. The Bertz CT molecular complexity index is 458. The molecule has 4 atom stereocenters. The van der Waals surface area contributed by atoms with Gasteiger partial charge in [-0.15, -0.1) is 0 Å². The average Bonchev–Trinajstić information content (AvgIpc) is 2.65. The Morgan fingerprint density at radius 1 is 1.50 bits per heavy atom. The molecule has 0 unspecified atom stereocenters. The highest BCUT2D eigenvalue weighted by Crippen LogP contribution is 2.50. The number of fused-ring (bicyclic) bond motifs is 2. The molecule has 18 heavy (non-hydrogen) atoms. The minimum atomic E-state index is -0.641. The molecule has 0 aromatic carbocycles. The van der Waals surface area contributed by atoms with E-state index in [0.717, 1.165) is 25.7 Å². The van der Waals surface area contributed by atoms with E-state index in [4.69, 9.17) is 4.74 Å². The van der Waals surface area contributed by atoms with Crippen LogP contribution in [0, 0.1) is 11.8 Å². The van der Waals surface area contributed by atoms with Gasteiger partial charge in [0.05, 0.1) is 5.60 Å². The van der Waals surface area contributed by atoms with Crippen LogP contribution in [0.1, 0.15) is 39.5 Å². The predicted molar refractivity (Wildman–Crippen MR) is 67.8 cm³/mol. The van der Waals surface area contributed by atoms with E-state index in [9.17, 15) is 9.90 Å². The van der Waals surface area contributed by atoms with Gasteiger partial charge in [-0.25, -0.2) is 4.79 Å². The van der Waals surface area contributed by atoms with Crippen LogP contribution >= 0.6 is 0 Å². The van der Waals surface area contributed by atoms with Crippen molar-refractivity contribution in [3.05, 3.63) is 23.3 Å². The summed E-state index contributed by atoms with van der Waals surface area (Å²) in [6.45, 7) is 7.90. The van der Waals surface area contributed by atoms with Gasteiger partial charge in [-0.2, -0.15) is 0 Å². The third-order valence-electron chi connectivity index (χ3n) is 5.03. The lowest BCUT2D eigenvalue weighted by molar-refractivity contribution is -0.139. The fraction of sp³-hybridized carbons (Fsp3) is 0.667. The number of carbonyl (C=O) groups excluding carboxylic acids is 1. The van der Waals surface area contributed by atoms with Crippen LogP contribution in [0.15, 0.2) is 23.3 Å². The molecule has 3 aliphatic rings. The van der Waals surface area contributed by atoms with Crippen LogP contribution in [0.3, 0.4) is 0 Å². The van der Waals surface area contributed by atoms with Gasteiger partial charge in [-0.05, 0) is 33.1 Å². The Balaban J connectivity index is 1.99. The van der Waals surface area contributed by atoms with Gasteiger partial charge in [0.15, 0.2) is 0 Å². The predicted octanol–water partition coefficient (Wildman–Crippen LogP) is 2.36. The molecule has 3 rings (SSSR count). The summed E-state index contributed by atoms with van der Waals surface area (Å²) in [7, 11) is 0. The van der Waals surface area contributed by atoms with E-state index in [1.807, 2.05) is 6.92 Å². The fourth-order valence-electron chi connectivity index (χ4n) is 3.85. The van der Waals surface area contributed by atoms with Crippen molar-refractivity contribution in [2.24, 2.45) is 11.8 Å². The first-order valence-electron chi connectivity index (χ1n) is 6.71. The third-order valence-corrected chi connectivity index (χ3v) is 5.03. The number of aliphatic hydroxyl groups is 1. The van der Waals surface area contributed by atoms with Crippen molar-refractivity contribution in [1.29, 1.82) is 0 Å². The van der Waals surface area contributed by atoms with Gasteiger partial charge in [-0.1, -0.05) is 17.7 Å². The SMILES string of the molecule is C=C1C(=O)O[C@H]2CC(C)=C3CC[C@@](C)(O)[C@@H]3C[C@H]12. The van der Waals surface area contributed by atoms with Crippen LogP contribution in [0.4, 0.5) is 0 Å². The van der Waals surface area contributed by atoms with Gasteiger partial charge < -0.3 is 9.84 Å². The van der Waals surface area contributed by atoms with E-state index in [-0.39, 0.29) is 23.9 Å². The minimum absolute atomic E-state index is 0.0566. The molecule has 1 saturated heterocycles. The Kier molecular flexibility index (Phi) is 2.46. The first kappa shape index (κ1) is 12.0. The summed E-state index contributed by atoms with van der Waals surface area (Å²) in [5.74, 6) is -0.00263. The van der Waals surface area contributed by atoms with Crippen molar-refractivity contribution >= 4 is 5.97 Å².